The molecule has 0 bridgehead atoms. The van der Waals surface area contributed by atoms with Crippen LogP contribution in [0.15, 0.2) is 35.1 Å². The van der Waals surface area contributed by atoms with E-state index in [0.29, 0.717) is 13.0 Å². The van der Waals surface area contributed by atoms with Crippen molar-refractivity contribution < 1.29 is 9.90 Å². The molecule has 1 amide bonds. The van der Waals surface area contributed by atoms with Crippen LogP contribution < -0.4 is 10.2 Å². The Labute approximate surface area is 146 Å². The third-order valence-corrected chi connectivity index (χ3v) is 5.12. The lowest BCUT2D eigenvalue weighted by atomic mass is 9.93. The molecule has 0 aliphatic heterocycles. The van der Waals surface area contributed by atoms with Gasteiger partial charge in [0.1, 0.15) is 6.54 Å². The van der Waals surface area contributed by atoms with Gasteiger partial charge in [-0.2, -0.15) is 0 Å². The monoisotopic (exact) mass is 348 g/mol. The maximum absolute atomic E-state index is 12.2. The molecule has 24 heavy (non-hydrogen) atoms. The van der Waals surface area contributed by atoms with Gasteiger partial charge >= 0.3 is 4.87 Å². The van der Waals surface area contributed by atoms with E-state index in [9.17, 15) is 14.7 Å². The fraction of sp³-hybridized carbons (Fsp3) is 0.444. The average Bonchev–Trinajstić information content (AvgIpc) is 2.78. The van der Waals surface area contributed by atoms with Crippen LogP contribution >= 0.6 is 11.3 Å². The topological polar surface area (TPSA) is 71.3 Å². The number of aliphatic hydroxyl groups is 1. The number of hydrogen-bond acceptors (Lipinski definition) is 4. The van der Waals surface area contributed by atoms with Gasteiger partial charge in [0, 0.05) is 23.0 Å². The molecule has 0 spiro atoms. The fourth-order valence-electron chi connectivity index (χ4n) is 2.68. The van der Waals surface area contributed by atoms with Crippen LogP contribution in [0, 0.1) is 13.8 Å². The molecule has 0 saturated heterocycles. The SMILES string of the molecule is Cc1sc(=O)n(CC(=O)NCC(CC(C)O)c2ccccc2)c1C. The summed E-state index contributed by atoms with van der Waals surface area (Å²) in [7, 11) is 0. The molecular weight excluding hydrogens is 324 g/mol. The Morgan fingerprint density at radius 3 is 2.50 bits per heavy atom. The van der Waals surface area contributed by atoms with Crippen LogP contribution in [0.4, 0.5) is 0 Å². The molecular formula is C18H24N2O3S. The van der Waals surface area contributed by atoms with Crippen molar-refractivity contribution in [3.8, 4) is 0 Å². The van der Waals surface area contributed by atoms with Crippen LogP contribution in [0.3, 0.4) is 0 Å². The summed E-state index contributed by atoms with van der Waals surface area (Å²) in [6.07, 6.45) is 0.123. The lowest BCUT2D eigenvalue weighted by molar-refractivity contribution is -0.121. The number of benzene rings is 1. The van der Waals surface area contributed by atoms with Gasteiger partial charge in [-0.3, -0.25) is 14.2 Å². The first-order chi connectivity index (χ1) is 11.4. The summed E-state index contributed by atoms with van der Waals surface area (Å²) in [5.74, 6) is -0.151. The Kier molecular flexibility index (Phi) is 6.34. The third-order valence-electron chi connectivity index (χ3n) is 4.12. The zero-order valence-electron chi connectivity index (χ0n) is 14.3. The van der Waals surface area contributed by atoms with Gasteiger partial charge < -0.3 is 10.4 Å². The first-order valence-corrected chi connectivity index (χ1v) is 8.86. The van der Waals surface area contributed by atoms with Crippen molar-refractivity contribution in [1.29, 1.82) is 0 Å². The highest BCUT2D eigenvalue weighted by molar-refractivity contribution is 7.09. The predicted octanol–water partition coefficient (Wildman–Crippen LogP) is 2.20. The smallest absolute Gasteiger partial charge is 0.308 e. The summed E-state index contributed by atoms with van der Waals surface area (Å²) < 4.78 is 1.50. The molecule has 0 saturated carbocycles. The second kappa shape index (κ2) is 8.26. The van der Waals surface area contributed by atoms with Gasteiger partial charge in [-0.1, -0.05) is 41.7 Å². The largest absolute Gasteiger partial charge is 0.393 e. The highest BCUT2D eigenvalue weighted by atomic mass is 32.1. The molecule has 1 heterocycles. The number of carbonyl (C=O) groups excluding carboxylic acids is 1. The summed E-state index contributed by atoms with van der Waals surface area (Å²) >= 11 is 1.16. The number of rotatable bonds is 7. The van der Waals surface area contributed by atoms with Gasteiger partial charge in [0.05, 0.1) is 6.10 Å². The number of carbonyl (C=O) groups is 1. The van der Waals surface area contributed by atoms with Crippen molar-refractivity contribution in [3.05, 3.63) is 56.1 Å². The number of hydrogen-bond donors (Lipinski definition) is 2. The summed E-state index contributed by atoms with van der Waals surface area (Å²) in [4.78, 5) is 24.9. The van der Waals surface area contributed by atoms with E-state index in [1.807, 2.05) is 44.2 Å². The zero-order chi connectivity index (χ0) is 17.7. The van der Waals surface area contributed by atoms with E-state index in [0.717, 1.165) is 27.5 Å². The minimum Gasteiger partial charge on any atom is -0.393 e. The minimum atomic E-state index is -0.448. The maximum Gasteiger partial charge on any atom is 0.308 e. The summed E-state index contributed by atoms with van der Waals surface area (Å²) in [6, 6.07) is 9.83. The molecule has 0 radical (unpaired) electrons. The molecule has 2 unspecified atom stereocenters. The number of thiazole rings is 1. The number of amides is 1. The molecule has 0 aliphatic carbocycles. The highest BCUT2D eigenvalue weighted by Gasteiger charge is 2.16. The molecule has 2 N–H and O–H groups in total. The van der Waals surface area contributed by atoms with E-state index in [4.69, 9.17) is 0 Å². The molecule has 0 fully saturated rings. The maximum atomic E-state index is 12.2. The lowest BCUT2D eigenvalue weighted by Crippen LogP contribution is -2.34. The molecule has 0 aliphatic rings. The normalized spacial score (nSPS) is 13.5. The van der Waals surface area contributed by atoms with Gasteiger partial charge in [-0.05, 0) is 32.8 Å². The van der Waals surface area contributed by atoms with Gasteiger partial charge in [0.25, 0.3) is 0 Å². The van der Waals surface area contributed by atoms with Crippen molar-refractivity contribution in [2.75, 3.05) is 6.54 Å². The molecule has 2 rings (SSSR count). The van der Waals surface area contributed by atoms with Crippen LogP contribution in [-0.4, -0.2) is 28.2 Å². The van der Waals surface area contributed by atoms with Crippen LogP contribution in [0.1, 0.15) is 35.4 Å². The van der Waals surface area contributed by atoms with Crippen molar-refractivity contribution in [3.63, 3.8) is 0 Å². The molecule has 130 valence electrons. The van der Waals surface area contributed by atoms with E-state index < -0.39 is 6.10 Å². The van der Waals surface area contributed by atoms with Gasteiger partial charge in [-0.15, -0.1) is 0 Å². The van der Waals surface area contributed by atoms with E-state index in [1.54, 1.807) is 6.92 Å². The average molecular weight is 348 g/mol. The Balaban J connectivity index is 2.01. The first kappa shape index (κ1) is 18.4. The summed E-state index contributed by atoms with van der Waals surface area (Å²) in [6.45, 7) is 5.94. The standard InChI is InChI=1S/C18H24N2O3S/c1-12(21)9-16(15-7-5-4-6-8-15)10-19-17(22)11-20-13(2)14(3)24-18(20)23/h4-8,12,16,21H,9-11H2,1-3H3,(H,19,22). The van der Waals surface area contributed by atoms with Crippen molar-refractivity contribution >= 4 is 17.2 Å². The highest BCUT2D eigenvalue weighted by Crippen LogP contribution is 2.20. The fourth-order valence-corrected chi connectivity index (χ4v) is 3.51. The lowest BCUT2D eigenvalue weighted by Gasteiger charge is -2.20. The number of aromatic nitrogens is 1. The van der Waals surface area contributed by atoms with E-state index >= 15 is 0 Å². The minimum absolute atomic E-state index is 0.0329. The molecule has 6 heteroatoms. The van der Waals surface area contributed by atoms with Gasteiger partial charge in [-0.25, -0.2) is 0 Å². The van der Waals surface area contributed by atoms with E-state index in [2.05, 4.69) is 5.32 Å². The van der Waals surface area contributed by atoms with Crippen molar-refractivity contribution in [2.24, 2.45) is 0 Å². The number of nitrogens with one attached hydrogen (secondary N) is 1. The quantitative estimate of drug-likeness (QED) is 0.806. The second-order valence-electron chi connectivity index (χ2n) is 6.09. The van der Waals surface area contributed by atoms with Crippen molar-refractivity contribution in [2.45, 2.75) is 45.8 Å². The second-order valence-corrected chi connectivity index (χ2v) is 7.26. The number of aliphatic hydroxyl groups excluding tert-OH is 1. The van der Waals surface area contributed by atoms with Crippen LogP contribution in [0.5, 0.6) is 0 Å². The predicted molar refractivity (Wildman–Crippen MR) is 96.5 cm³/mol. The molecule has 5 nitrogen and oxygen atoms in total. The van der Waals surface area contributed by atoms with Crippen LogP contribution in [0.2, 0.25) is 0 Å². The molecule has 2 atom stereocenters. The van der Waals surface area contributed by atoms with Crippen molar-refractivity contribution in [1.82, 2.24) is 9.88 Å². The van der Waals surface area contributed by atoms with Crippen LogP contribution in [0.25, 0.3) is 0 Å². The van der Waals surface area contributed by atoms with Gasteiger partial charge in [0.2, 0.25) is 5.91 Å². The Morgan fingerprint density at radius 2 is 1.96 bits per heavy atom. The first-order valence-electron chi connectivity index (χ1n) is 8.05. The molecule has 1 aromatic carbocycles. The Bertz CT molecular complexity index is 734. The Hall–Kier alpha value is -1.92. The van der Waals surface area contributed by atoms with Gasteiger partial charge in [0.15, 0.2) is 0 Å². The van der Waals surface area contributed by atoms with E-state index in [-0.39, 0.29) is 23.2 Å². The summed E-state index contributed by atoms with van der Waals surface area (Å²) in [5.41, 5.74) is 1.92. The summed E-state index contributed by atoms with van der Waals surface area (Å²) in [5, 5.41) is 12.6. The van der Waals surface area contributed by atoms with Crippen LogP contribution in [-0.2, 0) is 11.3 Å². The number of nitrogens with zero attached hydrogens (tertiary/aromatic N) is 1. The molecule has 1 aromatic heterocycles. The molecule has 2 aromatic rings. The zero-order valence-corrected chi connectivity index (χ0v) is 15.1. The Morgan fingerprint density at radius 1 is 1.29 bits per heavy atom. The third kappa shape index (κ3) is 4.79. The number of aryl methyl sites for hydroxylation is 1. The van der Waals surface area contributed by atoms with E-state index in [1.165, 1.54) is 4.57 Å².